The van der Waals surface area contributed by atoms with E-state index in [1.165, 1.54) is 11.3 Å². The second kappa shape index (κ2) is 8.52. The number of piperidine rings is 1. The molecule has 1 saturated heterocycles. The Morgan fingerprint density at radius 1 is 1.23 bits per heavy atom. The zero-order valence-electron chi connectivity index (χ0n) is 16.1. The molecule has 1 aliphatic heterocycles. The Bertz CT molecular complexity index is 1170. The van der Waals surface area contributed by atoms with Crippen LogP contribution in [0.3, 0.4) is 0 Å². The second-order valence-corrected chi connectivity index (χ2v) is 7.80. The predicted octanol–water partition coefficient (Wildman–Crippen LogP) is 1.55. The van der Waals surface area contributed by atoms with Crippen molar-refractivity contribution in [1.82, 2.24) is 19.9 Å². The van der Waals surface area contributed by atoms with Gasteiger partial charge in [-0.3, -0.25) is 9.59 Å². The standard InChI is InChI=1S/C19H18N6O5S/c26-13-12(18(29)30)23-15(24-17(13)28)14-11(4-9-31-14)22-16(27)10-2-7-25(8-3-10)19-20-5-1-6-21-19/h1,4-6,9-10,26H,2-3,7-8H2,(H,22,27)(H,29,30)(H,23,24,28). The topological polar surface area (TPSA) is 161 Å². The molecular formula is C19H18N6O5S. The molecule has 0 unspecified atom stereocenters. The van der Waals surface area contributed by atoms with Gasteiger partial charge in [-0.25, -0.2) is 19.7 Å². The third-order valence-corrected chi connectivity index (χ3v) is 5.86. The molecular weight excluding hydrogens is 424 g/mol. The van der Waals surface area contributed by atoms with Crippen LogP contribution in [0.2, 0.25) is 0 Å². The van der Waals surface area contributed by atoms with Crippen molar-refractivity contribution in [1.29, 1.82) is 0 Å². The van der Waals surface area contributed by atoms with Crippen LogP contribution in [0.1, 0.15) is 23.3 Å². The van der Waals surface area contributed by atoms with Gasteiger partial charge >= 0.3 is 5.97 Å². The van der Waals surface area contributed by atoms with E-state index in [-0.39, 0.29) is 17.6 Å². The van der Waals surface area contributed by atoms with Crippen LogP contribution in [-0.4, -0.2) is 55.1 Å². The van der Waals surface area contributed by atoms with E-state index in [1.54, 1.807) is 29.9 Å². The van der Waals surface area contributed by atoms with Crippen molar-refractivity contribution in [2.45, 2.75) is 12.8 Å². The summed E-state index contributed by atoms with van der Waals surface area (Å²) in [6, 6.07) is 3.40. The minimum Gasteiger partial charge on any atom is -0.501 e. The molecule has 3 aromatic heterocycles. The number of rotatable bonds is 5. The lowest BCUT2D eigenvalue weighted by atomic mass is 9.96. The van der Waals surface area contributed by atoms with Crippen molar-refractivity contribution >= 4 is 34.8 Å². The third kappa shape index (κ3) is 4.23. The number of thiophene rings is 1. The maximum atomic E-state index is 12.8. The number of amides is 1. The van der Waals surface area contributed by atoms with Crippen molar-refractivity contribution in [3.8, 4) is 16.5 Å². The van der Waals surface area contributed by atoms with Gasteiger partial charge in [-0.05, 0) is 30.4 Å². The minimum atomic E-state index is -1.53. The van der Waals surface area contributed by atoms with Gasteiger partial charge < -0.3 is 25.4 Å². The number of aromatic amines is 1. The molecule has 0 bridgehead atoms. The number of nitrogens with one attached hydrogen (secondary N) is 2. The van der Waals surface area contributed by atoms with E-state index < -0.39 is 23.0 Å². The number of aromatic hydroxyl groups is 1. The van der Waals surface area contributed by atoms with Crippen LogP contribution in [0.15, 0.2) is 34.7 Å². The molecule has 31 heavy (non-hydrogen) atoms. The molecule has 0 saturated carbocycles. The van der Waals surface area contributed by atoms with E-state index in [0.717, 1.165) is 0 Å². The number of carboxylic acids is 1. The zero-order chi connectivity index (χ0) is 22.0. The molecule has 0 aliphatic carbocycles. The van der Waals surface area contributed by atoms with Crippen LogP contribution in [0, 0.1) is 5.92 Å². The summed E-state index contributed by atoms with van der Waals surface area (Å²) in [5.41, 5.74) is -1.31. The average molecular weight is 442 g/mol. The van der Waals surface area contributed by atoms with Crippen molar-refractivity contribution in [3.05, 3.63) is 46.0 Å². The molecule has 4 N–H and O–H groups in total. The summed E-state index contributed by atoms with van der Waals surface area (Å²) in [5.74, 6) is -2.28. The van der Waals surface area contributed by atoms with Gasteiger partial charge in [0.15, 0.2) is 11.5 Å². The number of aromatic nitrogens is 4. The first-order valence-electron chi connectivity index (χ1n) is 9.41. The third-order valence-electron chi connectivity index (χ3n) is 4.94. The smallest absolute Gasteiger partial charge is 0.358 e. The lowest BCUT2D eigenvalue weighted by Gasteiger charge is -2.31. The quantitative estimate of drug-likeness (QED) is 0.459. The van der Waals surface area contributed by atoms with E-state index in [4.69, 9.17) is 5.11 Å². The predicted molar refractivity (Wildman–Crippen MR) is 112 cm³/mol. The number of anilines is 2. The Morgan fingerprint density at radius 2 is 1.94 bits per heavy atom. The number of carbonyl (C=O) groups excluding carboxylic acids is 1. The minimum absolute atomic E-state index is 0.0402. The number of carboxylic acid groups (broad SMARTS) is 1. The largest absolute Gasteiger partial charge is 0.501 e. The molecule has 4 heterocycles. The monoisotopic (exact) mass is 442 g/mol. The van der Waals surface area contributed by atoms with Crippen LogP contribution in [-0.2, 0) is 4.79 Å². The first-order chi connectivity index (χ1) is 14.9. The van der Waals surface area contributed by atoms with E-state index in [0.29, 0.717) is 42.4 Å². The highest BCUT2D eigenvalue weighted by Crippen LogP contribution is 2.32. The van der Waals surface area contributed by atoms with Crippen LogP contribution < -0.4 is 15.8 Å². The Kier molecular flexibility index (Phi) is 5.62. The first-order valence-corrected chi connectivity index (χ1v) is 10.3. The van der Waals surface area contributed by atoms with Gasteiger partial charge in [-0.2, -0.15) is 0 Å². The fourth-order valence-electron chi connectivity index (χ4n) is 3.35. The van der Waals surface area contributed by atoms with Crippen LogP contribution in [0.4, 0.5) is 11.6 Å². The van der Waals surface area contributed by atoms with Gasteiger partial charge in [-0.15, -0.1) is 11.3 Å². The molecule has 12 heteroatoms. The van der Waals surface area contributed by atoms with Gasteiger partial charge in [0.05, 0.1) is 10.6 Å². The molecule has 0 atom stereocenters. The number of carbonyl (C=O) groups is 2. The number of nitrogens with zero attached hydrogens (tertiary/aromatic N) is 4. The summed E-state index contributed by atoms with van der Waals surface area (Å²) < 4.78 is 0. The average Bonchev–Trinajstić information content (AvgIpc) is 3.24. The van der Waals surface area contributed by atoms with Crippen molar-refractivity contribution in [3.63, 3.8) is 0 Å². The molecule has 4 rings (SSSR count). The van der Waals surface area contributed by atoms with E-state index >= 15 is 0 Å². The molecule has 0 spiro atoms. The number of hydrogen-bond donors (Lipinski definition) is 4. The molecule has 1 amide bonds. The molecule has 1 aliphatic rings. The van der Waals surface area contributed by atoms with Gasteiger partial charge in [-0.1, -0.05) is 0 Å². The molecule has 160 valence electrons. The van der Waals surface area contributed by atoms with Gasteiger partial charge in [0.25, 0.3) is 5.56 Å². The Morgan fingerprint density at radius 3 is 2.61 bits per heavy atom. The van der Waals surface area contributed by atoms with E-state index in [2.05, 4.69) is 25.3 Å². The number of hydrogen-bond acceptors (Lipinski definition) is 9. The van der Waals surface area contributed by atoms with Gasteiger partial charge in [0, 0.05) is 31.4 Å². The van der Waals surface area contributed by atoms with Crippen LogP contribution in [0.25, 0.3) is 10.7 Å². The molecule has 3 aromatic rings. The van der Waals surface area contributed by atoms with E-state index in [9.17, 15) is 19.5 Å². The first kappa shape index (κ1) is 20.5. The fourth-order valence-corrected chi connectivity index (χ4v) is 4.14. The number of aromatic carboxylic acids is 1. The Hall–Kier alpha value is -3.80. The fraction of sp³-hybridized carbons (Fsp3) is 0.263. The highest BCUT2D eigenvalue weighted by atomic mass is 32.1. The van der Waals surface area contributed by atoms with Crippen molar-refractivity contribution in [2.75, 3.05) is 23.3 Å². The zero-order valence-corrected chi connectivity index (χ0v) is 16.9. The van der Waals surface area contributed by atoms with Crippen molar-refractivity contribution < 1.29 is 19.8 Å². The van der Waals surface area contributed by atoms with Crippen LogP contribution in [0.5, 0.6) is 5.75 Å². The maximum Gasteiger partial charge on any atom is 0.358 e. The maximum absolute atomic E-state index is 12.8. The summed E-state index contributed by atoms with van der Waals surface area (Å²) in [6.45, 7) is 1.29. The van der Waals surface area contributed by atoms with Crippen molar-refractivity contribution in [2.24, 2.45) is 5.92 Å². The lowest BCUT2D eigenvalue weighted by molar-refractivity contribution is -0.120. The summed E-state index contributed by atoms with van der Waals surface area (Å²) in [5, 5.41) is 23.3. The lowest BCUT2D eigenvalue weighted by Crippen LogP contribution is -2.39. The second-order valence-electron chi connectivity index (χ2n) is 6.88. The summed E-state index contributed by atoms with van der Waals surface area (Å²) in [7, 11) is 0. The summed E-state index contributed by atoms with van der Waals surface area (Å²) in [6.07, 6.45) is 4.61. The highest BCUT2D eigenvalue weighted by Gasteiger charge is 2.27. The molecule has 0 radical (unpaired) electrons. The Balaban J connectivity index is 1.47. The van der Waals surface area contributed by atoms with E-state index in [1.807, 2.05) is 4.90 Å². The summed E-state index contributed by atoms with van der Waals surface area (Å²) >= 11 is 1.18. The van der Waals surface area contributed by atoms with Crippen LogP contribution >= 0.6 is 11.3 Å². The normalized spacial score (nSPS) is 14.4. The molecule has 1 fully saturated rings. The molecule has 0 aromatic carbocycles. The SMILES string of the molecule is O=C(O)c1nc(-c2sccc2NC(=O)C2CCN(c3ncccn3)CC2)[nH]c(=O)c1O. The summed E-state index contributed by atoms with van der Waals surface area (Å²) in [4.78, 5) is 53.0. The van der Waals surface area contributed by atoms with Gasteiger partial charge in [0.2, 0.25) is 17.6 Å². The number of H-pyrrole nitrogens is 1. The van der Waals surface area contributed by atoms with Gasteiger partial charge in [0.1, 0.15) is 0 Å². The Labute approximate surface area is 179 Å². The highest BCUT2D eigenvalue weighted by molar-refractivity contribution is 7.14. The molecule has 11 nitrogen and oxygen atoms in total.